The van der Waals surface area contributed by atoms with Crippen molar-refractivity contribution < 1.29 is 14.0 Å². The minimum atomic E-state index is -0.383. The fraction of sp³-hybridized carbons (Fsp3) is 0.261. The highest BCUT2D eigenvalue weighted by Gasteiger charge is 2.30. The number of halogens is 1. The Morgan fingerprint density at radius 1 is 0.862 bits per heavy atom. The van der Waals surface area contributed by atoms with Crippen molar-refractivity contribution in [3.8, 4) is 0 Å². The highest BCUT2D eigenvalue weighted by Crippen LogP contribution is 2.31. The highest BCUT2D eigenvalue weighted by molar-refractivity contribution is 6.01. The molecule has 0 saturated heterocycles. The molecule has 2 N–H and O–H groups in total. The Bertz CT molecular complexity index is 1040. The summed E-state index contributed by atoms with van der Waals surface area (Å²) in [6.07, 6.45) is 4.26. The molecule has 0 aliphatic heterocycles. The van der Waals surface area contributed by atoms with E-state index in [4.69, 9.17) is 0 Å². The van der Waals surface area contributed by atoms with Crippen molar-refractivity contribution in [2.75, 3.05) is 10.6 Å². The molecule has 6 heteroatoms. The maximum Gasteiger partial charge on any atom is 0.227 e. The molecule has 0 unspecified atom stereocenters. The molecule has 1 heterocycles. The van der Waals surface area contributed by atoms with E-state index < -0.39 is 0 Å². The molecule has 4 rings (SSSR count). The van der Waals surface area contributed by atoms with Crippen molar-refractivity contribution in [3.63, 3.8) is 0 Å². The molecule has 0 radical (unpaired) electrons. The standard InChI is InChI=1S/C23H22FN3O2/c24-18-6-2-7-19(14-18)26-22(28)16-9-11-17(12-10-16)23(29)27-20-8-1-4-15-5-3-13-25-21(15)20/h1-8,13-14,16-17H,9-12H2,(H,26,28)(H,27,29). The van der Waals surface area contributed by atoms with Crippen LogP contribution >= 0.6 is 0 Å². The predicted molar refractivity (Wildman–Crippen MR) is 111 cm³/mol. The third-order valence-electron chi connectivity index (χ3n) is 5.45. The Labute approximate surface area is 168 Å². The Morgan fingerprint density at radius 2 is 1.52 bits per heavy atom. The van der Waals surface area contributed by atoms with Crippen LogP contribution in [0.15, 0.2) is 60.8 Å². The van der Waals surface area contributed by atoms with Crippen molar-refractivity contribution in [1.82, 2.24) is 4.98 Å². The first-order valence-corrected chi connectivity index (χ1v) is 9.81. The molecule has 29 heavy (non-hydrogen) atoms. The second-order valence-corrected chi connectivity index (χ2v) is 7.42. The Balaban J connectivity index is 1.34. The lowest BCUT2D eigenvalue weighted by atomic mass is 9.81. The van der Waals surface area contributed by atoms with Gasteiger partial charge in [0.1, 0.15) is 5.82 Å². The lowest BCUT2D eigenvalue weighted by Gasteiger charge is -2.27. The summed E-state index contributed by atoms with van der Waals surface area (Å²) in [6, 6.07) is 15.4. The quantitative estimate of drug-likeness (QED) is 0.674. The van der Waals surface area contributed by atoms with Gasteiger partial charge in [-0.2, -0.15) is 0 Å². The summed E-state index contributed by atoms with van der Waals surface area (Å²) >= 11 is 0. The molecular formula is C23H22FN3O2. The van der Waals surface area contributed by atoms with Crippen LogP contribution < -0.4 is 10.6 Å². The molecule has 1 saturated carbocycles. The number of carbonyl (C=O) groups is 2. The number of carbonyl (C=O) groups excluding carboxylic acids is 2. The van der Waals surface area contributed by atoms with Gasteiger partial charge < -0.3 is 10.6 Å². The van der Waals surface area contributed by atoms with E-state index >= 15 is 0 Å². The summed E-state index contributed by atoms with van der Waals surface area (Å²) in [7, 11) is 0. The normalized spacial score (nSPS) is 18.9. The van der Waals surface area contributed by atoms with Crippen LogP contribution in [0, 0.1) is 17.7 Å². The first-order valence-electron chi connectivity index (χ1n) is 9.81. The van der Waals surface area contributed by atoms with Gasteiger partial charge in [-0.05, 0) is 56.0 Å². The Morgan fingerprint density at radius 3 is 2.24 bits per heavy atom. The number of aromatic nitrogens is 1. The van der Waals surface area contributed by atoms with Gasteiger partial charge in [0.05, 0.1) is 11.2 Å². The molecule has 0 bridgehead atoms. The maximum atomic E-state index is 13.3. The molecule has 2 aromatic carbocycles. The van der Waals surface area contributed by atoms with E-state index in [1.807, 2.05) is 30.3 Å². The topological polar surface area (TPSA) is 71.1 Å². The van der Waals surface area contributed by atoms with Crippen LogP contribution in [0.4, 0.5) is 15.8 Å². The number of amides is 2. The zero-order chi connectivity index (χ0) is 20.2. The smallest absolute Gasteiger partial charge is 0.227 e. The van der Waals surface area contributed by atoms with Crippen LogP contribution in [-0.2, 0) is 9.59 Å². The molecule has 1 aliphatic rings. The fourth-order valence-corrected chi connectivity index (χ4v) is 3.87. The van der Waals surface area contributed by atoms with Gasteiger partial charge in [0, 0.05) is 29.1 Å². The number of nitrogens with zero attached hydrogens (tertiary/aromatic N) is 1. The third-order valence-corrected chi connectivity index (χ3v) is 5.45. The number of nitrogens with one attached hydrogen (secondary N) is 2. The molecule has 1 aromatic heterocycles. The van der Waals surface area contributed by atoms with Gasteiger partial charge >= 0.3 is 0 Å². The first-order chi connectivity index (χ1) is 14.1. The molecule has 3 aromatic rings. The van der Waals surface area contributed by atoms with E-state index in [2.05, 4.69) is 15.6 Å². The molecule has 0 atom stereocenters. The van der Waals surface area contributed by atoms with Crippen LogP contribution in [0.3, 0.4) is 0 Å². The number of anilines is 2. The number of rotatable bonds is 4. The summed E-state index contributed by atoms with van der Waals surface area (Å²) in [5.41, 5.74) is 1.93. The molecule has 2 amide bonds. The Kier molecular flexibility index (Phi) is 5.51. The summed E-state index contributed by atoms with van der Waals surface area (Å²) in [5, 5.41) is 6.74. The van der Waals surface area contributed by atoms with E-state index in [0.717, 1.165) is 10.9 Å². The largest absolute Gasteiger partial charge is 0.326 e. The van der Waals surface area contributed by atoms with Crippen LogP contribution in [0.1, 0.15) is 25.7 Å². The molecule has 5 nitrogen and oxygen atoms in total. The second-order valence-electron chi connectivity index (χ2n) is 7.42. The van der Waals surface area contributed by atoms with E-state index in [-0.39, 0.29) is 29.5 Å². The van der Waals surface area contributed by atoms with E-state index in [1.165, 1.54) is 12.1 Å². The van der Waals surface area contributed by atoms with Crippen molar-refractivity contribution >= 4 is 34.1 Å². The van der Waals surface area contributed by atoms with Gasteiger partial charge in [-0.3, -0.25) is 14.6 Å². The zero-order valence-electron chi connectivity index (χ0n) is 15.9. The highest BCUT2D eigenvalue weighted by atomic mass is 19.1. The van der Waals surface area contributed by atoms with E-state index in [0.29, 0.717) is 37.1 Å². The first kappa shape index (κ1) is 19.1. The van der Waals surface area contributed by atoms with E-state index in [1.54, 1.807) is 18.3 Å². The minimum absolute atomic E-state index is 0.0351. The molecule has 1 aliphatic carbocycles. The van der Waals surface area contributed by atoms with Crippen molar-refractivity contribution in [2.45, 2.75) is 25.7 Å². The fourth-order valence-electron chi connectivity index (χ4n) is 3.87. The van der Waals surface area contributed by atoms with Gasteiger partial charge in [-0.25, -0.2) is 4.39 Å². The molecule has 1 fully saturated rings. The van der Waals surface area contributed by atoms with Gasteiger partial charge in [-0.1, -0.05) is 24.3 Å². The SMILES string of the molecule is O=C(Nc1cccc(F)c1)C1CCC(C(=O)Nc2cccc3cccnc23)CC1. The van der Waals surface area contributed by atoms with E-state index in [9.17, 15) is 14.0 Å². The lowest BCUT2D eigenvalue weighted by molar-refractivity contribution is -0.125. The number of pyridine rings is 1. The number of fused-ring (bicyclic) bond motifs is 1. The third kappa shape index (κ3) is 4.42. The second kappa shape index (κ2) is 8.39. The summed E-state index contributed by atoms with van der Waals surface area (Å²) in [4.78, 5) is 29.6. The van der Waals surface area contributed by atoms with Crippen molar-refractivity contribution in [2.24, 2.45) is 11.8 Å². The van der Waals surface area contributed by atoms with Crippen LogP contribution in [0.2, 0.25) is 0 Å². The minimum Gasteiger partial charge on any atom is -0.326 e. The van der Waals surface area contributed by atoms with Crippen molar-refractivity contribution in [3.05, 3.63) is 66.6 Å². The summed E-state index contributed by atoms with van der Waals surface area (Å²) < 4.78 is 13.3. The maximum absolute atomic E-state index is 13.3. The number of hydrogen-bond acceptors (Lipinski definition) is 3. The molecule has 148 valence electrons. The monoisotopic (exact) mass is 391 g/mol. The summed E-state index contributed by atoms with van der Waals surface area (Å²) in [6.45, 7) is 0. The van der Waals surface area contributed by atoms with Crippen LogP contribution in [-0.4, -0.2) is 16.8 Å². The average molecular weight is 391 g/mol. The molecule has 0 spiro atoms. The van der Waals surface area contributed by atoms with Gasteiger partial charge in [-0.15, -0.1) is 0 Å². The van der Waals surface area contributed by atoms with Crippen molar-refractivity contribution in [1.29, 1.82) is 0 Å². The number of benzene rings is 2. The number of para-hydroxylation sites is 1. The lowest BCUT2D eigenvalue weighted by Crippen LogP contribution is -2.32. The number of hydrogen-bond donors (Lipinski definition) is 2. The molecular weight excluding hydrogens is 369 g/mol. The zero-order valence-corrected chi connectivity index (χ0v) is 15.9. The average Bonchev–Trinajstić information content (AvgIpc) is 2.74. The van der Waals surface area contributed by atoms with Gasteiger partial charge in [0.2, 0.25) is 11.8 Å². The van der Waals surface area contributed by atoms with Gasteiger partial charge in [0.15, 0.2) is 0 Å². The Hall–Kier alpha value is -3.28. The summed E-state index contributed by atoms with van der Waals surface area (Å²) in [5.74, 6) is -0.834. The van der Waals surface area contributed by atoms with Crippen LogP contribution in [0.5, 0.6) is 0 Å². The van der Waals surface area contributed by atoms with Gasteiger partial charge in [0.25, 0.3) is 0 Å². The predicted octanol–water partition coefficient (Wildman–Crippen LogP) is 4.76. The van der Waals surface area contributed by atoms with Crippen LogP contribution in [0.25, 0.3) is 10.9 Å².